The van der Waals surface area contributed by atoms with Crippen LogP contribution in [0.1, 0.15) is 5.56 Å². The molecular formula is C25H24FN5O4S. The summed E-state index contributed by atoms with van der Waals surface area (Å²) in [6, 6.07) is 16.2. The van der Waals surface area contributed by atoms with Crippen LogP contribution in [0.2, 0.25) is 0 Å². The fourth-order valence-corrected chi connectivity index (χ4v) is 3.62. The average Bonchev–Trinajstić information content (AvgIpc) is 2.87. The first kappa shape index (κ1) is 25.0. The Hall–Kier alpha value is -4.09. The summed E-state index contributed by atoms with van der Waals surface area (Å²) in [5.41, 5.74) is 0.922. The molecule has 186 valence electrons. The van der Waals surface area contributed by atoms with Crippen molar-refractivity contribution in [3.05, 3.63) is 78.2 Å². The van der Waals surface area contributed by atoms with Crippen molar-refractivity contribution in [1.82, 2.24) is 15.2 Å². The summed E-state index contributed by atoms with van der Waals surface area (Å²) in [7, 11) is 0. The van der Waals surface area contributed by atoms with Gasteiger partial charge < -0.3 is 25.0 Å². The predicted octanol–water partition coefficient (Wildman–Crippen LogP) is 3.93. The first-order chi connectivity index (χ1) is 17.5. The first-order valence-corrected chi connectivity index (χ1v) is 11.6. The molecule has 0 atom stereocenters. The highest BCUT2D eigenvalue weighted by Crippen LogP contribution is 2.26. The number of ether oxygens (including phenoxy) is 2. The van der Waals surface area contributed by atoms with Crippen molar-refractivity contribution in [3.63, 3.8) is 0 Å². The van der Waals surface area contributed by atoms with Gasteiger partial charge in [-0.2, -0.15) is 0 Å². The molecule has 36 heavy (non-hydrogen) atoms. The average molecular weight is 510 g/mol. The van der Waals surface area contributed by atoms with Crippen LogP contribution in [-0.2, 0) is 16.0 Å². The van der Waals surface area contributed by atoms with Gasteiger partial charge in [0.1, 0.15) is 23.1 Å². The van der Waals surface area contributed by atoms with Crippen LogP contribution >= 0.6 is 12.2 Å². The van der Waals surface area contributed by atoms with Gasteiger partial charge in [-0.05, 0) is 36.0 Å². The van der Waals surface area contributed by atoms with Gasteiger partial charge in [0.25, 0.3) is 0 Å². The first-order valence-electron chi connectivity index (χ1n) is 11.2. The van der Waals surface area contributed by atoms with E-state index in [0.29, 0.717) is 37.9 Å². The summed E-state index contributed by atoms with van der Waals surface area (Å²) in [6.45, 7) is 1.99. The molecule has 3 amide bonds. The fraction of sp³-hybridized carbons (Fsp3) is 0.200. The molecule has 1 aliphatic rings. The van der Waals surface area contributed by atoms with Crippen LogP contribution in [0.25, 0.3) is 0 Å². The van der Waals surface area contributed by atoms with Crippen LogP contribution in [0, 0.1) is 5.82 Å². The molecule has 2 aromatic carbocycles. The van der Waals surface area contributed by atoms with Crippen LogP contribution in [0.4, 0.5) is 20.7 Å². The Labute approximate surface area is 212 Å². The number of amides is 3. The molecule has 4 rings (SSSR count). The van der Waals surface area contributed by atoms with Gasteiger partial charge in [0, 0.05) is 31.4 Å². The summed E-state index contributed by atoms with van der Waals surface area (Å²) in [4.78, 5) is 30.3. The number of thiocarbonyl (C=S) groups is 1. The molecule has 1 saturated heterocycles. The van der Waals surface area contributed by atoms with Gasteiger partial charge in [-0.1, -0.05) is 30.3 Å². The lowest BCUT2D eigenvalue weighted by molar-refractivity contribution is -0.119. The second-order valence-corrected chi connectivity index (χ2v) is 8.22. The van der Waals surface area contributed by atoms with E-state index in [9.17, 15) is 14.0 Å². The van der Waals surface area contributed by atoms with Gasteiger partial charge in [0.05, 0.1) is 25.3 Å². The van der Waals surface area contributed by atoms with E-state index in [1.807, 2.05) is 30.3 Å². The number of benzene rings is 2. The van der Waals surface area contributed by atoms with Gasteiger partial charge in [0.15, 0.2) is 5.11 Å². The van der Waals surface area contributed by atoms with Gasteiger partial charge in [0.2, 0.25) is 5.91 Å². The molecule has 0 bridgehead atoms. The molecule has 3 N–H and O–H groups in total. The number of hydrogen-bond acceptors (Lipinski definition) is 6. The topological polar surface area (TPSA) is 105 Å². The van der Waals surface area contributed by atoms with E-state index >= 15 is 0 Å². The fourth-order valence-electron chi connectivity index (χ4n) is 3.40. The summed E-state index contributed by atoms with van der Waals surface area (Å²) < 4.78 is 25.6. The molecule has 0 aliphatic carbocycles. The number of nitrogens with one attached hydrogen (secondary N) is 3. The number of anilines is 2. The monoisotopic (exact) mass is 509 g/mol. The molecule has 0 spiro atoms. The third kappa shape index (κ3) is 7.20. The molecule has 1 aromatic heterocycles. The van der Waals surface area contributed by atoms with E-state index in [1.165, 1.54) is 18.3 Å². The Morgan fingerprint density at radius 1 is 1.03 bits per heavy atom. The Morgan fingerprint density at radius 3 is 2.53 bits per heavy atom. The number of rotatable bonds is 6. The maximum Gasteiger partial charge on any atom is 0.323 e. The number of urea groups is 1. The van der Waals surface area contributed by atoms with E-state index in [4.69, 9.17) is 21.7 Å². The quantitative estimate of drug-likeness (QED) is 0.433. The summed E-state index contributed by atoms with van der Waals surface area (Å²) in [5.74, 6) is -0.0329. The molecular weight excluding hydrogens is 485 g/mol. The number of carbonyl (C=O) groups excluding carboxylic acids is 2. The van der Waals surface area contributed by atoms with Crippen LogP contribution in [0.3, 0.4) is 0 Å². The van der Waals surface area contributed by atoms with E-state index in [0.717, 1.165) is 5.56 Å². The number of nitrogens with zero attached hydrogens (tertiary/aromatic N) is 2. The number of pyridine rings is 1. The number of aromatic nitrogens is 1. The minimum absolute atomic E-state index is 0.0155. The predicted molar refractivity (Wildman–Crippen MR) is 137 cm³/mol. The Bertz CT molecular complexity index is 1240. The van der Waals surface area contributed by atoms with Crippen molar-refractivity contribution >= 4 is 40.8 Å². The number of morpholine rings is 1. The number of hydrogen-bond donors (Lipinski definition) is 3. The zero-order valence-electron chi connectivity index (χ0n) is 19.2. The standard InChI is InChI=1S/C25H24FN5O4S/c26-20-15-18(6-7-21(20)28-24(36)30-23(32)14-17-4-2-1-3-5-17)35-19-8-9-27-22(16-19)29-25(33)31-10-12-34-13-11-31/h1-9,15-16H,10-14H2,(H,27,29,33)(H2,28,30,32,36). The highest BCUT2D eigenvalue weighted by molar-refractivity contribution is 7.80. The van der Waals surface area contributed by atoms with E-state index < -0.39 is 5.82 Å². The Balaban J connectivity index is 1.31. The minimum Gasteiger partial charge on any atom is -0.457 e. The molecule has 11 heteroatoms. The number of carbonyl (C=O) groups is 2. The minimum atomic E-state index is -0.623. The van der Waals surface area contributed by atoms with Crippen LogP contribution < -0.4 is 20.7 Å². The Morgan fingerprint density at radius 2 is 1.78 bits per heavy atom. The molecule has 1 aliphatic heterocycles. The van der Waals surface area contributed by atoms with Gasteiger partial charge in [-0.3, -0.25) is 10.1 Å². The van der Waals surface area contributed by atoms with Crippen molar-refractivity contribution < 1.29 is 23.5 Å². The lowest BCUT2D eigenvalue weighted by atomic mass is 10.1. The van der Waals surface area contributed by atoms with Gasteiger partial charge in [-0.25, -0.2) is 14.2 Å². The highest BCUT2D eigenvalue weighted by atomic mass is 32.1. The molecule has 0 unspecified atom stereocenters. The number of halogens is 1. The lowest BCUT2D eigenvalue weighted by Gasteiger charge is -2.26. The molecule has 1 fully saturated rings. The van der Waals surface area contributed by atoms with Gasteiger partial charge >= 0.3 is 6.03 Å². The molecule has 9 nitrogen and oxygen atoms in total. The van der Waals surface area contributed by atoms with Gasteiger partial charge in [-0.15, -0.1) is 0 Å². The Kier molecular flexibility index (Phi) is 8.37. The van der Waals surface area contributed by atoms with Crippen molar-refractivity contribution in [1.29, 1.82) is 0 Å². The zero-order valence-corrected chi connectivity index (χ0v) is 20.0. The van der Waals surface area contributed by atoms with Crippen molar-refractivity contribution in [3.8, 4) is 11.5 Å². The SMILES string of the molecule is O=C(Cc1ccccc1)NC(=S)Nc1ccc(Oc2ccnc(NC(=O)N3CCOCC3)c2)cc1F. The lowest BCUT2D eigenvalue weighted by Crippen LogP contribution is -2.43. The van der Waals surface area contributed by atoms with E-state index in [2.05, 4.69) is 20.9 Å². The second-order valence-electron chi connectivity index (χ2n) is 7.81. The summed E-state index contributed by atoms with van der Waals surface area (Å²) in [5, 5.41) is 7.92. The van der Waals surface area contributed by atoms with Crippen LogP contribution in [0.15, 0.2) is 66.9 Å². The molecule has 0 saturated carbocycles. The smallest absolute Gasteiger partial charge is 0.323 e. The van der Waals surface area contributed by atoms with Crippen LogP contribution in [0.5, 0.6) is 11.5 Å². The van der Waals surface area contributed by atoms with Crippen LogP contribution in [-0.4, -0.2) is 53.2 Å². The summed E-state index contributed by atoms with van der Waals surface area (Å²) >= 11 is 5.13. The zero-order chi connectivity index (χ0) is 25.3. The molecule has 2 heterocycles. The normalized spacial score (nSPS) is 13.0. The largest absolute Gasteiger partial charge is 0.457 e. The molecule has 0 radical (unpaired) electrons. The highest BCUT2D eigenvalue weighted by Gasteiger charge is 2.17. The van der Waals surface area contributed by atoms with E-state index in [1.54, 1.807) is 23.1 Å². The third-order valence-electron chi connectivity index (χ3n) is 5.15. The summed E-state index contributed by atoms with van der Waals surface area (Å²) in [6.07, 6.45) is 1.63. The third-order valence-corrected chi connectivity index (χ3v) is 5.35. The van der Waals surface area contributed by atoms with E-state index in [-0.39, 0.29) is 34.9 Å². The molecule has 3 aromatic rings. The van der Waals surface area contributed by atoms with Crippen molar-refractivity contribution in [2.75, 3.05) is 36.9 Å². The van der Waals surface area contributed by atoms with Crippen molar-refractivity contribution in [2.24, 2.45) is 0 Å². The maximum atomic E-state index is 14.7. The maximum absolute atomic E-state index is 14.7. The van der Waals surface area contributed by atoms with Crippen molar-refractivity contribution in [2.45, 2.75) is 6.42 Å². The second kappa shape index (κ2) is 12.0.